The lowest BCUT2D eigenvalue weighted by Gasteiger charge is -1.88. The highest BCUT2D eigenvalue weighted by molar-refractivity contribution is 5.54. The number of H-pyrrole nitrogens is 1. The highest BCUT2D eigenvalue weighted by Gasteiger charge is 2.13. The summed E-state index contributed by atoms with van der Waals surface area (Å²) in [6.07, 6.45) is 4.76. The van der Waals surface area contributed by atoms with Gasteiger partial charge in [-0.15, -0.1) is 0 Å². The fourth-order valence-electron chi connectivity index (χ4n) is 1.42. The van der Waals surface area contributed by atoms with Gasteiger partial charge in [0, 0.05) is 18.6 Å². The lowest BCUT2D eigenvalue weighted by atomic mass is 10.3. The summed E-state index contributed by atoms with van der Waals surface area (Å²) in [4.78, 5) is 15.1. The van der Waals surface area contributed by atoms with Gasteiger partial charge in [0.2, 0.25) is 11.6 Å². The van der Waals surface area contributed by atoms with Crippen LogP contribution in [-0.2, 0) is 0 Å². The van der Waals surface area contributed by atoms with E-state index in [1.807, 2.05) is 6.07 Å². The van der Waals surface area contributed by atoms with Gasteiger partial charge in [-0.2, -0.15) is 10.2 Å². The normalized spacial score (nSPS) is 10.2. The maximum atomic E-state index is 8.72. The molecule has 3 heterocycles. The number of aromatic nitrogens is 5. The highest BCUT2D eigenvalue weighted by atomic mass is 16.5. The molecule has 0 atom stereocenters. The van der Waals surface area contributed by atoms with Crippen LogP contribution in [0.4, 0.5) is 0 Å². The van der Waals surface area contributed by atoms with Crippen molar-refractivity contribution in [2.75, 3.05) is 0 Å². The van der Waals surface area contributed by atoms with E-state index in [2.05, 4.69) is 25.1 Å². The largest absolute Gasteiger partial charge is 0.356 e. The molecule has 0 aliphatic heterocycles. The molecule has 0 spiro atoms. The second-order valence-corrected chi connectivity index (χ2v) is 3.41. The molecule has 7 nitrogen and oxygen atoms in total. The molecule has 0 aliphatic carbocycles. The zero-order valence-corrected chi connectivity index (χ0v) is 9.03. The maximum absolute atomic E-state index is 8.72. The average molecular weight is 238 g/mol. The minimum Gasteiger partial charge on any atom is -0.356 e. The van der Waals surface area contributed by atoms with Crippen molar-refractivity contribution in [1.29, 1.82) is 5.26 Å². The van der Waals surface area contributed by atoms with E-state index in [0.717, 1.165) is 0 Å². The van der Waals surface area contributed by atoms with Crippen LogP contribution in [-0.4, -0.2) is 25.1 Å². The summed E-state index contributed by atoms with van der Waals surface area (Å²) in [5.74, 6) is 0.984. The minimum atomic E-state index is 0.291. The smallest absolute Gasteiger partial charge is 0.274 e. The minimum absolute atomic E-state index is 0.291. The zero-order valence-electron chi connectivity index (χ0n) is 9.03. The summed E-state index contributed by atoms with van der Waals surface area (Å²) in [6.45, 7) is 0. The summed E-state index contributed by atoms with van der Waals surface area (Å²) < 4.78 is 5.08. The number of aromatic amines is 1. The van der Waals surface area contributed by atoms with Gasteiger partial charge < -0.3 is 9.51 Å². The Morgan fingerprint density at radius 2 is 2.06 bits per heavy atom. The summed E-state index contributed by atoms with van der Waals surface area (Å²) in [5, 5.41) is 12.5. The molecule has 0 aromatic carbocycles. The molecule has 7 heteroatoms. The van der Waals surface area contributed by atoms with E-state index >= 15 is 0 Å². The van der Waals surface area contributed by atoms with Crippen LogP contribution >= 0.6 is 0 Å². The van der Waals surface area contributed by atoms with Crippen LogP contribution in [0.1, 0.15) is 5.56 Å². The molecule has 3 aromatic rings. The summed E-state index contributed by atoms with van der Waals surface area (Å²) >= 11 is 0. The molecule has 0 saturated heterocycles. The molecular weight excluding hydrogens is 232 g/mol. The van der Waals surface area contributed by atoms with Crippen LogP contribution in [0.5, 0.6) is 0 Å². The zero-order chi connectivity index (χ0) is 12.4. The highest BCUT2D eigenvalue weighted by Crippen LogP contribution is 2.19. The number of hydrogen-bond donors (Lipinski definition) is 1. The van der Waals surface area contributed by atoms with Gasteiger partial charge >= 0.3 is 0 Å². The molecule has 0 amide bonds. The molecule has 0 bridgehead atoms. The van der Waals surface area contributed by atoms with Crippen molar-refractivity contribution in [1.82, 2.24) is 25.1 Å². The molecule has 0 saturated carbocycles. The van der Waals surface area contributed by atoms with Crippen molar-refractivity contribution < 1.29 is 4.52 Å². The van der Waals surface area contributed by atoms with Crippen LogP contribution in [0.3, 0.4) is 0 Å². The Kier molecular flexibility index (Phi) is 2.32. The summed E-state index contributed by atoms with van der Waals surface area (Å²) in [7, 11) is 0. The third-order valence-corrected chi connectivity index (χ3v) is 2.23. The quantitative estimate of drug-likeness (QED) is 0.723. The van der Waals surface area contributed by atoms with E-state index in [4.69, 9.17) is 9.78 Å². The van der Waals surface area contributed by atoms with Crippen LogP contribution in [0, 0.1) is 11.3 Å². The molecule has 0 fully saturated rings. The second-order valence-electron chi connectivity index (χ2n) is 3.41. The Bertz CT molecular complexity index is 708. The Morgan fingerprint density at radius 1 is 1.22 bits per heavy atom. The van der Waals surface area contributed by atoms with Crippen molar-refractivity contribution in [2.24, 2.45) is 0 Å². The first-order valence-electron chi connectivity index (χ1n) is 5.07. The first-order valence-corrected chi connectivity index (χ1v) is 5.07. The van der Waals surface area contributed by atoms with Crippen molar-refractivity contribution >= 4 is 0 Å². The number of nitrogens with zero attached hydrogens (tertiary/aromatic N) is 5. The predicted molar refractivity (Wildman–Crippen MR) is 59.8 cm³/mol. The Labute approximate surface area is 101 Å². The molecule has 18 heavy (non-hydrogen) atoms. The molecule has 0 unspecified atom stereocenters. The Morgan fingerprint density at radius 3 is 2.78 bits per heavy atom. The van der Waals surface area contributed by atoms with Gasteiger partial charge in [0.25, 0.3) is 5.89 Å². The van der Waals surface area contributed by atoms with Crippen molar-refractivity contribution in [3.05, 3.63) is 36.3 Å². The summed E-state index contributed by atoms with van der Waals surface area (Å²) in [6, 6.07) is 5.34. The predicted octanol–water partition coefficient (Wildman–Crippen LogP) is 1.39. The van der Waals surface area contributed by atoms with Crippen molar-refractivity contribution in [3.8, 4) is 29.3 Å². The number of nitrogens with one attached hydrogen (secondary N) is 1. The fourth-order valence-corrected chi connectivity index (χ4v) is 1.42. The molecule has 1 N–H and O–H groups in total. The second kappa shape index (κ2) is 4.10. The lowest BCUT2D eigenvalue weighted by molar-refractivity contribution is 0.430. The SMILES string of the molecule is N#Cc1c[nH]c(-c2nc(-c3ncccn3)no2)c1. The monoisotopic (exact) mass is 238 g/mol. The third kappa shape index (κ3) is 1.72. The average Bonchev–Trinajstić information content (AvgIpc) is 3.08. The lowest BCUT2D eigenvalue weighted by Crippen LogP contribution is -1.88. The topological polar surface area (TPSA) is 104 Å². The standard InChI is InChI=1S/C11H6N6O/c12-5-7-4-8(15-6-7)11-16-10(17-18-11)9-13-2-1-3-14-9/h1-4,6,15H. The Hall–Kier alpha value is -3.01. The Balaban J connectivity index is 1.97. The number of rotatable bonds is 2. The van der Waals surface area contributed by atoms with Gasteiger partial charge in [0.15, 0.2) is 0 Å². The third-order valence-electron chi connectivity index (χ3n) is 2.23. The van der Waals surface area contributed by atoms with E-state index in [-0.39, 0.29) is 0 Å². The van der Waals surface area contributed by atoms with Crippen LogP contribution in [0.25, 0.3) is 23.2 Å². The van der Waals surface area contributed by atoms with Gasteiger partial charge in [-0.3, -0.25) is 0 Å². The van der Waals surface area contributed by atoms with Crippen LogP contribution in [0.15, 0.2) is 35.2 Å². The maximum Gasteiger partial charge on any atom is 0.274 e. The van der Waals surface area contributed by atoms with Gasteiger partial charge in [-0.05, 0) is 12.1 Å². The molecule has 0 radical (unpaired) electrons. The van der Waals surface area contributed by atoms with Crippen LogP contribution < -0.4 is 0 Å². The molecule has 3 rings (SSSR count). The number of nitriles is 1. The van der Waals surface area contributed by atoms with E-state index in [1.165, 1.54) is 0 Å². The van der Waals surface area contributed by atoms with Crippen molar-refractivity contribution in [2.45, 2.75) is 0 Å². The van der Waals surface area contributed by atoms with Crippen molar-refractivity contribution in [3.63, 3.8) is 0 Å². The first kappa shape index (κ1) is 10.2. The molecular formula is C11H6N6O. The fraction of sp³-hybridized carbons (Fsp3) is 0. The molecule has 0 aliphatic rings. The van der Waals surface area contributed by atoms with E-state index in [1.54, 1.807) is 30.7 Å². The first-order chi connectivity index (χ1) is 8.86. The van der Waals surface area contributed by atoms with E-state index in [0.29, 0.717) is 28.8 Å². The summed E-state index contributed by atoms with van der Waals surface area (Å²) in [5.41, 5.74) is 1.09. The van der Waals surface area contributed by atoms with Gasteiger partial charge in [0.05, 0.1) is 5.56 Å². The van der Waals surface area contributed by atoms with Gasteiger partial charge in [0.1, 0.15) is 11.8 Å². The van der Waals surface area contributed by atoms with Crippen LogP contribution in [0.2, 0.25) is 0 Å². The van der Waals surface area contributed by atoms with Gasteiger partial charge in [-0.25, -0.2) is 9.97 Å². The van der Waals surface area contributed by atoms with Gasteiger partial charge in [-0.1, -0.05) is 5.16 Å². The molecule has 86 valence electrons. The number of hydrogen-bond acceptors (Lipinski definition) is 6. The van der Waals surface area contributed by atoms with E-state index < -0.39 is 0 Å². The molecule has 3 aromatic heterocycles. The van der Waals surface area contributed by atoms with E-state index in [9.17, 15) is 0 Å².